The van der Waals surface area contributed by atoms with Crippen LogP contribution in [0.2, 0.25) is 0 Å². The van der Waals surface area contributed by atoms with Crippen LogP contribution in [0, 0.1) is 13.8 Å². The average Bonchev–Trinajstić information content (AvgIpc) is 2.87. The van der Waals surface area contributed by atoms with Crippen LogP contribution in [0.1, 0.15) is 34.6 Å². The average molecular weight is 250 g/mol. The molecule has 2 heterocycles. The molecule has 5 heteroatoms. The largest absolute Gasteiger partial charge is 0.477 e. The van der Waals surface area contributed by atoms with E-state index < -0.39 is 5.97 Å². The Kier molecular flexibility index (Phi) is 3.41. The zero-order valence-corrected chi connectivity index (χ0v) is 10.8. The Bertz CT molecular complexity index is 485. The second-order valence-corrected chi connectivity index (χ2v) is 4.80. The first kappa shape index (κ1) is 12.7. The van der Waals surface area contributed by atoms with E-state index in [0.29, 0.717) is 5.56 Å². The molecule has 1 aliphatic rings. The Morgan fingerprint density at radius 3 is 2.44 bits per heavy atom. The van der Waals surface area contributed by atoms with Crippen LogP contribution in [-0.2, 0) is 11.3 Å². The summed E-state index contributed by atoms with van der Waals surface area (Å²) in [5.41, 5.74) is 1.74. The molecular weight excluding hydrogens is 232 g/mol. The summed E-state index contributed by atoms with van der Waals surface area (Å²) in [5.74, 6) is -0.969. The monoisotopic (exact) mass is 250 g/mol. The maximum atomic E-state index is 12.1. The number of amides is 1. The topological polar surface area (TPSA) is 62.5 Å². The van der Waals surface area contributed by atoms with E-state index >= 15 is 0 Å². The van der Waals surface area contributed by atoms with Gasteiger partial charge in [-0.1, -0.05) is 0 Å². The number of aromatic carboxylic acids is 1. The fourth-order valence-corrected chi connectivity index (χ4v) is 2.54. The molecule has 1 N–H and O–H groups in total. The Hall–Kier alpha value is -1.78. The zero-order valence-electron chi connectivity index (χ0n) is 10.8. The van der Waals surface area contributed by atoms with Crippen molar-refractivity contribution < 1.29 is 14.7 Å². The number of aromatic nitrogens is 1. The quantitative estimate of drug-likeness (QED) is 0.882. The molecule has 0 aliphatic carbocycles. The highest BCUT2D eigenvalue weighted by molar-refractivity contribution is 5.89. The van der Waals surface area contributed by atoms with Gasteiger partial charge in [-0.2, -0.15) is 0 Å². The van der Waals surface area contributed by atoms with Gasteiger partial charge in [0, 0.05) is 18.8 Å². The lowest BCUT2D eigenvalue weighted by atomic mass is 10.2. The van der Waals surface area contributed by atoms with E-state index in [-0.39, 0.29) is 18.1 Å². The highest BCUT2D eigenvalue weighted by Crippen LogP contribution is 2.16. The van der Waals surface area contributed by atoms with Crippen molar-refractivity contribution in [3.05, 3.63) is 23.0 Å². The van der Waals surface area contributed by atoms with Crippen molar-refractivity contribution in [2.75, 3.05) is 13.1 Å². The summed E-state index contributed by atoms with van der Waals surface area (Å²) in [5, 5.41) is 9.19. The molecule has 1 aliphatic heterocycles. The van der Waals surface area contributed by atoms with Crippen LogP contribution in [0.3, 0.4) is 0 Å². The molecule has 1 amide bonds. The van der Waals surface area contributed by atoms with Crippen molar-refractivity contribution >= 4 is 11.9 Å². The standard InChI is InChI=1S/C13H18N2O3/c1-9-7-10(2)15(12(9)13(17)18)8-11(16)14-5-3-4-6-14/h7H,3-6,8H2,1-2H3,(H,17,18). The van der Waals surface area contributed by atoms with Gasteiger partial charge >= 0.3 is 5.97 Å². The molecule has 1 aromatic rings. The molecule has 98 valence electrons. The number of aryl methyl sites for hydroxylation is 2. The van der Waals surface area contributed by atoms with Crippen LogP contribution in [0.4, 0.5) is 0 Å². The van der Waals surface area contributed by atoms with Gasteiger partial charge in [-0.25, -0.2) is 4.79 Å². The molecule has 0 unspecified atom stereocenters. The predicted octanol–water partition coefficient (Wildman–Crippen LogP) is 1.43. The minimum atomic E-state index is -0.977. The third kappa shape index (κ3) is 2.25. The van der Waals surface area contributed by atoms with Crippen LogP contribution in [0.25, 0.3) is 0 Å². The molecule has 0 bridgehead atoms. The van der Waals surface area contributed by atoms with Crippen LogP contribution in [0.5, 0.6) is 0 Å². The van der Waals surface area contributed by atoms with Gasteiger partial charge in [0.05, 0.1) is 0 Å². The number of carbonyl (C=O) groups excluding carboxylic acids is 1. The molecular formula is C13H18N2O3. The van der Waals surface area contributed by atoms with Gasteiger partial charge in [-0.05, 0) is 38.3 Å². The lowest BCUT2D eigenvalue weighted by Gasteiger charge is -2.17. The van der Waals surface area contributed by atoms with Gasteiger partial charge in [-0.3, -0.25) is 4.79 Å². The highest BCUT2D eigenvalue weighted by Gasteiger charge is 2.22. The van der Waals surface area contributed by atoms with Crippen molar-refractivity contribution in [3.8, 4) is 0 Å². The minimum Gasteiger partial charge on any atom is -0.477 e. The van der Waals surface area contributed by atoms with E-state index in [1.165, 1.54) is 0 Å². The number of hydrogen-bond acceptors (Lipinski definition) is 2. The number of hydrogen-bond donors (Lipinski definition) is 1. The van der Waals surface area contributed by atoms with Gasteiger partial charge in [0.1, 0.15) is 12.2 Å². The molecule has 5 nitrogen and oxygen atoms in total. The van der Waals surface area contributed by atoms with Crippen LogP contribution in [-0.4, -0.2) is 39.5 Å². The summed E-state index contributed by atoms with van der Waals surface area (Å²) >= 11 is 0. The Labute approximate surface area is 106 Å². The third-order valence-electron chi connectivity index (χ3n) is 3.45. The van der Waals surface area contributed by atoms with Crippen LogP contribution in [0.15, 0.2) is 6.07 Å². The van der Waals surface area contributed by atoms with Crippen LogP contribution >= 0.6 is 0 Å². The van der Waals surface area contributed by atoms with Gasteiger partial charge in [0.2, 0.25) is 5.91 Å². The van der Waals surface area contributed by atoms with Crippen molar-refractivity contribution in [2.24, 2.45) is 0 Å². The summed E-state index contributed by atoms with van der Waals surface area (Å²) in [6, 6.07) is 1.81. The van der Waals surface area contributed by atoms with Crippen molar-refractivity contribution in [1.29, 1.82) is 0 Å². The fourth-order valence-electron chi connectivity index (χ4n) is 2.54. The Balaban J connectivity index is 2.22. The highest BCUT2D eigenvalue weighted by atomic mass is 16.4. The molecule has 1 aromatic heterocycles. The molecule has 0 spiro atoms. The second-order valence-electron chi connectivity index (χ2n) is 4.80. The Morgan fingerprint density at radius 2 is 1.89 bits per heavy atom. The first-order chi connectivity index (χ1) is 8.50. The molecule has 0 atom stereocenters. The van der Waals surface area contributed by atoms with E-state index in [1.807, 2.05) is 6.92 Å². The third-order valence-corrected chi connectivity index (χ3v) is 3.45. The molecule has 0 aromatic carbocycles. The van der Waals surface area contributed by atoms with Gasteiger partial charge < -0.3 is 14.6 Å². The fraction of sp³-hybridized carbons (Fsp3) is 0.538. The number of nitrogens with zero attached hydrogens (tertiary/aromatic N) is 2. The maximum absolute atomic E-state index is 12.1. The van der Waals surface area contributed by atoms with Gasteiger partial charge in [0.25, 0.3) is 0 Å². The lowest BCUT2D eigenvalue weighted by Crippen LogP contribution is -2.32. The second kappa shape index (κ2) is 4.84. The summed E-state index contributed by atoms with van der Waals surface area (Å²) in [4.78, 5) is 25.1. The maximum Gasteiger partial charge on any atom is 0.352 e. The van der Waals surface area contributed by atoms with Gasteiger partial charge in [0.15, 0.2) is 0 Å². The zero-order chi connectivity index (χ0) is 13.3. The van der Waals surface area contributed by atoms with E-state index in [2.05, 4.69) is 0 Å². The van der Waals surface area contributed by atoms with E-state index in [1.54, 1.807) is 22.5 Å². The van der Waals surface area contributed by atoms with Crippen molar-refractivity contribution in [1.82, 2.24) is 9.47 Å². The molecule has 18 heavy (non-hydrogen) atoms. The minimum absolute atomic E-state index is 0.00806. The predicted molar refractivity (Wildman–Crippen MR) is 66.7 cm³/mol. The number of rotatable bonds is 3. The number of carbonyl (C=O) groups is 2. The Morgan fingerprint density at radius 1 is 1.28 bits per heavy atom. The molecule has 0 saturated carbocycles. The summed E-state index contributed by atoms with van der Waals surface area (Å²) < 4.78 is 1.60. The van der Waals surface area contributed by atoms with Crippen LogP contribution < -0.4 is 0 Å². The van der Waals surface area contributed by atoms with E-state index in [0.717, 1.165) is 31.6 Å². The summed E-state index contributed by atoms with van der Waals surface area (Å²) in [6.45, 7) is 5.30. The van der Waals surface area contributed by atoms with E-state index in [4.69, 9.17) is 0 Å². The lowest BCUT2D eigenvalue weighted by molar-refractivity contribution is -0.130. The van der Waals surface area contributed by atoms with E-state index in [9.17, 15) is 14.7 Å². The first-order valence-electron chi connectivity index (χ1n) is 6.18. The number of carboxylic acid groups (broad SMARTS) is 1. The molecule has 1 saturated heterocycles. The number of likely N-dealkylation sites (tertiary alicyclic amines) is 1. The SMILES string of the molecule is Cc1cc(C)n(CC(=O)N2CCCC2)c1C(=O)O. The van der Waals surface area contributed by atoms with Crippen molar-refractivity contribution in [3.63, 3.8) is 0 Å². The number of carboxylic acids is 1. The smallest absolute Gasteiger partial charge is 0.352 e. The normalized spacial score (nSPS) is 15.1. The first-order valence-corrected chi connectivity index (χ1v) is 6.18. The summed E-state index contributed by atoms with van der Waals surface area (Å²) in [6.07, 6.45) is 2.09. The molecule has 0 radical (unpaired) electrons. The molecule has 2 rings (SSSR count). The van der Waals surface area contributed by atoms with Crippen molar-refractivity contribution in [2.45, 2.75) is 33.2 Å². The molecule has 1 fully saturated rings. The van der Waals surface area contributed by atoms with Gasteiger partial charge in [-0.15, -0.1) is 0 Å². The summed E-state index contributed by atoms with van der Waals surface area (Å²) in [7, 11) is 0.